The quantitative estimate of drug-likeness (QED) is 0.648. The number of rotatable bonds is 9. The largest absolute Gasteiger partial charge is 0.383 e. The lowest BCUT2D eigenvalue weighted by Gasteiger charge is -2.24. The van der Waals surface area contributed by atoms with Gasteiger partial charge in [-0.2, -0.15) is 0 Å². The fraction of sp³-hybridized carbons (Fsp3) is 0.917. The summed E-state index contributed by atoms with van der Waals surface area (Å²) in [6.07, 6.45) is 1.15. The summed E-state index contributed by atoms with van der Waals surface area (Å²) in [5.74, 6) is 0.109. The Labute approximate surface area is 104 Å². The molecule has 5 nitrogen and oxygen atoms in total. The van der Waals surface area contributed by atoms with Gasteiger partial charge in [-0.1, -0.05) is 0 Å². The molecular weight excluding hydrogens is 220 g/mol. The van der Waals surface area contributed by atoms with Gasteiger partial charge in [0.2, 0.25) is 5.91 Å². The summed E-state index contributed by atoms with van der Waals surface area (Å²) in [5, 5.41) is 0. The summed E-state index contributed by atoms with van der Waals surface area (Å²) in [6.45, 7) is 6.14. The molecule has 0 aromatic heterocycles. The minimum atomic E-state index is -0.302. The van der Waals surface area contributed by atoms with Gasteiger partial charge in [-0.25, -0.2) is 0 Å². The number of hydrogen-bond acceptors (Lipinski definition) is 4. The van der Waals surface area contributed by atoms with Crippen LogP contribution >= 0.6 is 0 Å². The van der Waals surface area contributed by atoms with E-state index in [1.54, 1.807) is 19.1 Å². The monoisotopic (exact) mass is 246 g/mol. The third-order valence-corrected chi connectivity index (χ3v) is 2.47. The second kappa shape index (κ2) is 8.44. The molecule has 17 heavy (non-hydrogen) atoms. The Morgan fingerprint density at radius 1 is 1.18 bits per heavy atom. The lowest BCUT2D eigenvalue weighted by molar-refractivity contribution is -0.132. The molecule has 0 saturated carbocycles. The third-order valence-electron chi connectivity index (χ3n) is 2.47. The van der Waals surface area contributed by atoms with Crippen molar-refractivity contribution >= 4 is 5.91 Å². The molecule has 0 fully saturated rings. The van der Waals surface area contributed by atoms with Crippen LogP contribution in [0.1, 0.15) is 26.7 Å². The van der Waals surface area contributed by atoms with Crippen molar-refractivity contribution in [2.24, 2.45) is 5.73 Å². The molecule has 0 aromatic carbocycles. The van der Waals surface area contributed by atoms with Crippen molar-refractivity contribution in [3.8, 4) is 0 Å². The van der Waals surface area contributed by atoms with E-state index in [4.69, 9.17) is 15.2 Å². The second-order valence-corrected chi connectivity index (χ2v) is 4.85. The molecule has 0 radical (unpaired) electrons. The Morgan fingerprint density at radius 2 is 1.65 bits per heavy atom. The molecule has 0 spiro atoms. The number of nitrogens with zero attached hydrogens (tertiary/aromatic N) is 1. The van der Waals surface area contributed by atoms with E-state index < -0.39 is 0 Å². The fourth-order valence-corrected chi connectivity index (χ4v) is 1.35. The average molecular weight is 246 g/mol. The molecule has 0 unspecified atom stereocenters. The highest BCUT2D eigenvalue weighted by molar-refractivity contribution is 5.76. The number of methoxy groups -OCH3 is 2. The molecule has 0 aliphatic heterocycles. The highest BCUT2D eigenvalue weighted by Gasteiger charge is 2.17. The highest BCUT2D eigenvalue weighted by atomic mass is 16.5. The molecule has 0 saturated heterocycles. The molecule has 1 amide bonds. The van der Waals surface area contributed by atoms with E-state index in [1.165, 1.54) is 0 Å². The van der Waals surface area contributed by atoms with Crippen molar-refractivity contribution in [3.05, 3.63) is 0 Å². The fourth-order valence-electron chi connectivity index (χ4n) is 1.35. The summed E-state index contributed by atoms with van der Waals surface area (Å²) < 4.78 is 9.98. The molecule has 102 valence electrons. The topological polar surface area (TPSA) is 64.8 Å². The molecule has 2 N–H and O–H groups in total. The Hall–Kier alpha value is -0.650. The Kier molecular flexibility index (Phi) is 8.12. The zero-order chi connectivity index (χ0) is 13.3. The minimum Gasteiger partial charge on any atom is -0.383 e. The zero-order valence-corrected chi connectivity index (χ0v) is 11.5. The Balaban J connectivity index is 4.11. The third kappa shape index (κ3) is 9.09. The smallest absolute Gasteiger partial charge is 0.222 e. The average Bonchev–Trinajstić information content (AvgIpc) is 2.25. The van der Waals surface area contributed by atoms with E-state index >= 15 is 0 Å². The van der Waals surface area contributed by atoms with Crippen molar-refractivity contribution in [2.45, 2.75) is 32.2 Å². The number of carbonyl (C=O) groups excluding carboxylic acids is 1. The van der Waals surface area contributed by atoms with E-state index in [9.17, 15) is 4.79 Å². The lowest BCUT2D eigenvalue weighted by Crippen LogP contribution is -2.39. The Bertz CT molecular complexity index is 206. The molecule has 0 aliphatic rings. The normalized spacial score (nSPS) is 11.6. The van der Waals surface area contributed by atoms with E-state index in [1.807, 2.05) is 13.8 Å². The van der Waals surface area contributed by atoms with Crippen molar-refractivity contribution in [1.82, 2.24) is 4.90 Å². The maximum Gasteiger partial charge on any atom is 0.222 e. The van der Waals surface area contributed by atoms with Crippen molar-refractivity contribution in [2.75, 3.05) is 40.5 Å². The summed E-state index contributed by atoms with van der Waals surface area (Å²) in [7, 11) is 3.25. The first-order valence-corrected chi connectivity index (χ1v) is 5.95. The number of nitrogens with two attached hydrogens (primary N) is 1. The summed E-state index contributed by atoms with van der Waals surface area (Å²) in [6, 6.07) is 0. The summed E-state index contributed by atoms with van der Waals surface area (Å²) in [4.78, 5) is 13.7. The van der Waals surface area contributed by atoms with E-state index in [-0.39, 0.29) is 11.4 Å². The van der Waals surface area contributed by atoms with Crippen molar-refractivity contribution in [3.63, 3.8) is 0 Å². The van der Waals surface area contributed by atoms with Gasteiger partial charge < -0.3 is 20.1 Å². The minimum absolute atomic E-state index is 0.109. The first kappa shape index (κ1) is 16.4. The molecule has 0 aromatic rings. The van der Waals surface area contributed by atoms with Gasteiger partial charge in [-0.3, -0.25) is 4.79 Å². The van der Waals surface area contributed by atoms with Gasteiger partial charge in [-0.05, 0) is 20.3 Å². The number of carbonyl (C=O) groups is 1. The maximum absolute atomic E-state index is 12.0. The lowest BCUT2D eigenvalue weighted by atomic mass is 10.00. The predicted molar refractivity (Wildman–Crippen MR) is 67.8 cm³/mol. The van der Waals surface area contributed by atoms with Crippen LogP contribution in [0, 0.1) is 0 Å². The van der Waals surface area contributed by atoms with Gasteiger partial charge in [0.05, 0.1) is 13.2 Å². The predicted octanol–water partition coefficient (Wildman–Crippen LogP) is 0.625. The van der Waals surface area contributed by atoms with E-state index in [0.717, 1.165) is 0 Å². The summed E-state index contributed by atoms with van der Waals surface area (Å²) in [5.41, 5.74) is 5.56. The SMILES string of the molecule is COCCN(CCOC)C(=O)CCC(C)(C)N. The second-order valence-electron chi connectivity index (χ2n) is 4.85. The molecule has 0 atom stereocenters. The van der Waals surface area contributed by atoms with Crippen molar-refractivity contribution < 1.29 is 14.3 Å². The van der Waals surface area contributed by atoms with Crippen LogP contribution in [0.25, 0.3) is 0 Å². The van der Waals surface area contributed by atoms with Crippen LogP contribution in [-0.4, -0.2) is 56.9 Å². The van der Waals surface area contributed by atoms with Gasteiger partial charge in [0.15, 0.2) is 0 Å². The van der Waals surface area contributed by atoms with Crippen LogP contribution in [-0.2, 0) is 14.3 Å². The van der Waals surface area contributed by atoms with Crippen LogP contribution in [0.3, 0.4) is 0 Å². The molecule has 0 heterocycles. The van der Waals surface area contributed by atoms with Crippen LogP contribution < -0.4 is 5.73 Å². The highest BCUT2D eigenvalue weighted by Crippen LogP contribution is 2.09. The van der Waals surface area contributed by atoms with E-state index in [0.29, 0.717) is 39.1 Å². The van der Waals surface area contributed by atoms with Gasteiger partial charge in [0, 0.05) is 39.3 Å². The van der Waals surface area contributed by atoms with Crippen LogP contribution in [0.2, 0.25) is 0 Å². The molecule has 0 aliphatic carbocycles. The molecular formula is C12H26N2O3. The van der Waals surface area contributed by atoms with Crippen LogP contribution in [0.5, 0.6) is 0 Å². The van der Waals surface area contributed by atoms with Gasteiger partial charge in [0.1, 0.15) is 0 Å². The van der Waals surface area contributed by atoms with Crippen LogP contribution in [0.15, 0.2) is 0 Å². The van der Waals surface area contributed by atoms with Gasteiger partial charge in [-0.15, -0.1) is 0 Å². The maximum atomic E-state index is 12.0. The van der Waals surface area contributed by atoms with E-state index in [2.05, 4.69) is 0 Å². The zero-order valence-electron chi connectivity index (χ0n) is 11.5. The van der Waals surface area contributed by atoms with Crippen LogP contribution in [0.4, 0.5) is 0 Å². The van der Waals surface area contributed by atoms with Gasteiger partial charge >= 0.3 is 0 Å². The molecule has 5 heteroatoms. The first-order valence-electron chi connectivity index (χ1n) is 5.95. The first-order chi connectivity index (χ1) is 7.90. The number of ether oxygens (including phenoxy) is 2. The number of hydrogen-bond donors (Lipinski definition) is 1. The van der Waals surface area contributed by atoms with Crippen molar-refractivity contribution in [1.29, 1.82) is 0 Å². The number of amides is 1. The van der Waals surface area contributed by atoms with Gasteiger partial charge in [0.25, 0.3) is 0 Å². The summed E-state index contributed by atoms with van der Waals surface area (Å²) >= 11 is 0. The molecule has 0 bridgehead atoms. The molecule has 0 rings (SSSR count). The Morgan fingerprint density at radius 3 is 2.00 bits per heavy atom. The standard InChI is InChI=1S/C12H26N2O3/c1-12(2,13)6-5-11(15)14(7-9-16-3)8-10-17-4/h5-10,13H2,1-4H3.